The minimum absolute atomic E-state index is 0.00918. The first-order valence-corrected chi connectivity index (χ1v) is 8.22. The van der Waals surface area contributed by atoms with Crippen LogP contribution in [0.3, 0.4) is 0 Å². The summed E-state index contributed by atoms with van der Waals surface area (Å²) in [6, 6.07) is 13.8. The molecule has 0 spiro atoms. The fourth-order valence-electron chi connectivity index (χ4n) is 2.97. The van der Waals surface area contributed by atoms with Gasteiger partial charge in [-0.1, -0.05) is 18.2 Å². The first-order valence-electron chi connectivity index (χ1n) is 8.22. The molecule has 1 aliphatic carbocycles. The first kappa shape index (κ1) is 16.4. The SMILES string of the molecule is OCC(O)COc1cccc2c3[nH][nH]c(Nc4cccc(F)c4)c-3cc12. The standard InChI is InChI=1S/C19H18FN3O3/c20-11-3-1-4-12(7-11)21-19-16-8-15-14(18(16)22-23-19)5-2-6-17(15)26-10-13(25)9-24/h1-8,13,21-25H,9-10H2. The molecular formula is C19H18FN3O3. The quantitative estimate of drug-likeness (QED) is 0.367. The van der Waals surface area contributed by atoms with E-state index in [9.17, 15) is 9.50 Å². The van der Waals surface area contributed by atoms with Gasteiger partial charge >= 0.3 is 0 Å². The number of ether oxygens (including phenoxy) is 1. The molecule has 1 aliphatic heterocycles. The number of aromatic nitrogens is 2. The second kappa shape index (κ2) is 6.70. The lowest BCUT2D eigenvalue weighted by Crippen LogP contribution is -2.21. The highest BCUT2D eigenvalue weighted by Gasteiger charge is 2.19. The highest BCUT2D eigenvalue weighted by molar-refractivity contribution is 6.06. The van der Waals surface area contributed by atoms with Crippen LogP contribution >= 0.6 is 0 Å². The van der Waals surface area contributed by atoms with Crippen LogP contribution in [0.4, 0.5) is 15.9 Å². The lowest BCUT2D eigenvalue weighted by Gasteiger charge is -2.10. The molecule has 1 atom stereocenters. The summed E-state index contributed by atoms with van der Waals surface area (Å²) in [5, 5.41) is 29.6. The number of hydrogen-bond acceptors (Lipinski definition) is 4. The highest BCUT2D eigenvalue weighted by Crippen LogP contribution is 2.41. The van der Waals surface area contributed by atoms with E-state index in [-0.39, 0.29) is 19.0 Å². The molecule has 26 heavy (non-hydrogen) atoms. The van der Waals surface area contributed by atoms with Gasteiger partial charge in [-0.3, -0.25) is 10.2 Å². The molecule has 2 aromatic carbocycles. The molecule has 0 saturated carbocycles. The van der Waals surface area contributed by atoms with Crippen molar-refractivity contribution < 1.29 is 19.3 Å². The Balaban J connectivity index is 1.69. The molecule has 1 heterocycles. The first-order chi connectivity index (χ1) is 12.7. The Kier molecular flexibility index (Phi) is 4.24. The number of H-pyrrole nitrogens is 2. The van der Waals surface area contributed by atoms with Gasteiger partial charge in [0, 0.05) is 22.0 Å². The van der Waals surface area contributed by atoms with Crippen molar-refractivity contribution in [2.24, 2.45) is 0 Å². The predicted molar refractivity (Wildman–Crippen MR) is 97.5 cm³/mol. The van der Waals surface area contributed by atoms with E-state index in [1.54, 1.807) is 12.1 Å². The van der Waals surface area contributed by atoms with Crippen molar-refractivity contribution in [1.29, 1.82) is 0 Å². The van der Waals surface area contributed by atoms with Crippen LogP contribution in [0.15, 0.2) is 48.5 Å². The van der Waals surface area contributed by atoms with Crippen molar-refractivity contribution in [2.75, 3.05) is 18.5 Å². The minimum Gasteiger partial charge on any atom is -0.490 e. The van der Waals surface area contributed by atoms with Crippen molar-refractivity contribution in [3.05, 3.63) is 54.3 Å². The van der Waals surface area contributed by atoms with E-state index >= 15 is 0 Å². The van der Waals surface area contributed by atoms with Crippen LogP contribution in [0.25, 0.3) is 22.0 Å². The second-order valence-corrected chi connectivity index (χ2v) is 6.06. The number of benzene rings is 2. The van der Waals surface area contributed by atoms with Gasteiger partial charge in [0.2, 0.25) is 0 Å². The Hall–Kier alpha value is -3.03. The lowest BCUT2D eigenvalue weighted by atomic mass is 10.2. The van der Waals surface area contributed by atoms with Gasteiger partial charge in [-0.2, -0.15) is 0 Å². The number of aliphatic hydroxyl groups is 2. The molecule has 0 saturated heterocycles. The smallest absolute Gasteiger partial charge is 0.132 e. The molecule has 4 rings (SSSR count). The minimum atomic E-state index is -0.927. The lowest BCUT2D eigenvalue weighted by molar-refractivity contribution is 0.0541. The molecule has 0 bridgehead atoms. The van der Waals surface area contributed by atoms with Crippen molar-refractivity contribution >= 4 is 22.3 Å². The normalized spacial score (nSPS) is 12.6. The summed E-state index contributed by atoms with van der Waals surface area (Å²) in [5.41, 5.74) is 2.44. The highest BCUT2D eigenvalue weighted by atomic mass is 19.1. The predicted octanol–water partition coefficient (Wildman–Crippen LogP) is 3.22. The molecule has 2 aliphatic rings. The third-order valence-corrected chi connectivity index (χ3v) is 4.21. The molecule has 2 aromatic rings. The van der Waals surface area contributed by atoms with Gasteiger partial charge < -0.3 is 20.3 Å². The zero-order valence-electron chi connectivity index (χ0n) is 13.8. The summed E-state index contributed by atoms with van der Waals surface area (Å²) in [6.45, 7) is -0.344. The van der Waals surface area contributed by atoms with Crippen LogP contribution in [0.2, 0.25) is 0 Å². The largest absolute Gasteiger partial charge is 0.490 e. The van der Waals surface area contributed by atoms with Crippen LogP contribution in [0.5, 0.6) is 5.75 Å². The third-order valence-electron chi connectivity index (χ3n) is 4.21. The molecule has 7 heteroatoms. The van der Waals surface area contributed by atoms with Crippen LogP contribution in [-0.4, -0.2) is 39.7 Å². The average Bonchev–Trinajstić information content (AvgIpc) is 3.20. The van der Waals surface area contributed by atoms with Gasteiger partial charge in [-0.25, -0.2) is 4.39 Å². The summed E-state index contributed by atoms with van der Waals surface area (Å²) >= 11 is 0. The van der Waals surface area contributed by atoms with Crippen LogP contribution in [0.1, 0.15) is 0 Å². The number of aromatic amines is 2. The van der Waals surface area contributed by atoms with Gasteiger partial charge in [0.25, 0.3) is 0 Å². The van der Waals surface area contributed by atoms with Crippen molar-refractivity contribution in [2.45, 2.75) is 6.10 Å². The average molecular weight is 355 g/mol. The Bertz CT molecular complexity index is 1010. The molecule has 0 aromatic heterocycles. The molecule has 6 nitrogen and oxygen atoms in total. The summed E-state index contributed by atoms with van der Waals surface area (Å²) in [6.07, 6.45) is -0.927. The van der Waals surface area contributed by atoms with Gasteiger partial charge in [0.05, 0.1) is 12.3 Å². The molecule has 0 radical (unpaired) electrons. The Morgan fingerprint density at radius 1 is 1.08 bits per heavy atom. The van der Waals surface area contributed by atoms with E-state index in [4.69, 9.17) is 9.84 Å². The third kappa shape index (κ3) is 2.98. The van der Waals surface area contributed by atoms with E-state index in [0.29, 0.717) is 17.3 Å². The summed E-state index contributed by atoms with van der Waals surface area (Å²) in [7, 11) is 0. The summed E-state index contributed by atoms with van der Waals surface area (Å²) in [4.78, 5) is 0. The fourth-order valence-corrected chi connectivity index (χ4v) is 2.97. The number of anilines is 2. The molecule has 5 N–H and O–H groups in total. The van der Waals surface area contributed by atoms with Crippen LogP contribution in [0, 0.1) is 5.82 Å². The van der Waals surface area contributed by atoms with Crippen molar-refractivity contribution in [3.63, 3.8) is 0 Å². The molecule has 1 unspecified atom stereocenters. The molecular weight excluding hydrogens is 337 g/mol. The number of aliphatic hydroxyl groups excluding tert-OH is 2. The Labute approximate surface area is 148 Å². The number of hydrogen-bond donors (Lipinski definition) is 5. The van der Waals surface area contributed by atoms with Gasteiger partial charge in [0.1, 0.15) is 30.1 Å². The topological polar surface area (TPSA) is 93.3 Å². The van der Waals surface area contributed by atoms with Crippen molar-refractivity contribution in [3.8, 4) is 17.0 Å². The Morgan fingerprint density at radius 3 is 2.73 bits per heavy atom. The number of fused-ring (bicyclic) bond motifs is 3. The van der Waals surface area contributed by atoms with E-state index in [0.717, 1.165) is 22.0 Å². The number of rotatable bonds is 6. The summed E-state index contributed by atoms with van der Waals surface area (Å²) in [5.74, 6) is 1.02. The van der Waals surface area contributed by atoms with Crippen molar-refractivity contribution in [1.82, 2.24) is 10.2 Å². The molecule has 134 valence electrons. The van der Waals surface area contributed by atoms with Crippen LogP contribution in [-0.2, 0) is 0 Å². The number of halogens is 1. The van der Waals surface area contributed by atoms with Gasteiger partial charge in [-0.15, -0.1) is 0 Å². The molecule has 0 amide bonds. The maximum Gasteiger partial charge on any atom is 0.132 e. The maximum atomic E-state index is 13.4. The monoisotopic (exact) mass is 355 g/mol. The van der Waals surface area contributed by atoms with E-state index < -0.39 is 6.10 Å². The van der Waals surface area contributed by atoms with E-state index in [1.807, 2.05) is 24.3 Å². The summed E-state index contributed by atoms with van der Waals surface area (Å²) < 4.78 is 19.0. The zero-order valence-corrected chi connectivity index (χ0v) is 13.8. The Morgan fingerprint density at radius 2 is 1.92 bits per heavy atom. The molecule has 0 fully saturated rings. The zero-order chi connectivity index (χ0) is 18.1. The van der Waals surface area contributed by atoms with E-state index in [1.165, 1.54) is 12.1 Å². The second-order valence-electron chi connectivity index (χ2n) is 6.06. The number of nitrogens with one attached hydrogen (secondary N) is 3. The van der Waals surface area contributed by atoms with E-state index in [2.05, 4.69) is 15.5 Å². The van der Waals surface area contributed by atoms with Crippen LogP contribution < -0.4 is 10.1 Å². The fraction of sp³-hybridized carbons (Fsp3) is 0.158. The maximum absolute atomic E-state index is 13.4. The van der Waals surface area contributed by atoms with Gasteiger partial charge in [0.15, 0.2) is 0 Å². The van der Waals surface area contributed by atoms with Gasteiger partial charge in [-0.05, 0) is 30.3 Å².